The highest BCUT2D eigenvalue weighted by atomic mass is 79.9. The van der Waals surface area contributed by atoms with E-state index in [2.05, 4.69) is 20.7 Å². The van der Waals surface area contributed by atoms with Crippen molar-refractivity contribution in [2.75, 3.05) is 12.3 Å². The Hall–Kier alpha value is -0.590. The van der Waals surface area contributed by atoms with Gasteiger partial charge in [0.25, 0.3) is 0 Å². The van der Waals surface area contributed by atoms with Crippen LogP contribution in [-0.4, -0.2) is 15.0 Å². The highest BCUT2D eigenvalue weighted by Gasteiger charge is 2.21. The maximum atomic E-state index is 12.2. The van der Waals surface area contributed by atoms with Crippen LogP contribution in [-0.2, 0) is 10.0 Å². The summed E-state index contributed by atoms with van der Waals surface area (Å²) in [6, 6.07) is 4.79. The lowest BCUT2D eigenvalue weighted by Crippen LogP contribution is -2.28. The summed E-state index contributed by atoms with van der Waals surface area (Å²) in [5.41, 5.74) is 6.07. The van der Waals surface area contributed by atoms with Crippen LogP contribution in [0.15, 0.2) is 27.6 Å². The van der Waals surface area contributed by atoms with Gasteiger partial charge in [-0.05, 0) is 52.9 Å². The summed E-state index contributed by atoms with van der Waals surface area (Å²) in [5.74, 6) is 0.472. The van der Waals surface area contributed by atoms with E-state index in [1.54, 1.807) is 12.1 Å². The summed E-state index contributed by atoms with van der Waals surface area (Å²) in [6.07, 6.45) is 4.63. The van der Waals surface area contributed by atoms with Crippen LogP contribution in [0.1, 0.15) is 25.7 Å². The van der Waals surface area contributed by atoms with Gasteiger partial charge < -0.3 is 5.73 Å². The first-order valence-electron chi connectivity index (χ1n) is 6.04. The van der Waals surface area contributed by atoms with Crippen molar-refractivity contribution in [1.29, 1.82) is 0 Å². The van der Waals surface area contributed by atoms with Crippen molar-refractivity contribution in [3.05, 3.63) is 22.7 Å². The topological polar surface area (TPSA) is 72.2 Å². The molecule has 0 heterocycles. The quantitative estimate of drug-likeness (QED) is 0.832. The number of anilines is 1. The summed E-state index contributed by atoms with van der Waals surface area (Å²) in [7, 11) is -3.48. The molecule has 1 aromatic rings. The van der Waals surface area contributed by atoms with E-state index in [9.17, 15) is 8.42 Å². The number of nitrogens with two attached hydrogens (primary N) is 1. The van der Waals surface area contributed by atoms with E-state index in [0.717, 1.165) is 12.8 Å². The Morgan fingerprint density at radius 1 is 1.33 bits per heavy atom. The van der Waals surface area contributed by atoms with Gasteiger partial charge >= 0.3 is 0 Å². The van der Waals surface area contributed by atoms with E-state index in [1.165, 1.54) is 18.9 Å². The van der Waals surface area contributed by atoms with Crippen molar-refractivity contribution in [3.63, 3.8) is 0 Å². The second-order valence-electron chi connectivity index (χ2n) is 4.69. The fourth-order valence-electron chi connectivity index (χ4n) is 2.25. The smallest absolute Gasteiger partial charge is 0.241 e. The molecule has 4 nitrogen and oxygen atoms in total. The maximum absolute atomic E-state index is 12.2. The molecule has 1 aromatic carbocycles. The molecule has 1 aliphatic rings. The summed E-state index contributed by atoms with van der Waals surface area (Å²) in [5, 5.41) is 0. The van der Waals surface area contributed by atoms with Crippen LogP contribution in [0.3, 0.4) is 0 Å². The van der Waals surface area contributed by atoms with Gasteiger partial charge in [0.1, 0.15) is 0 Å². The largest absolute Gasteiger partial charge is 0.399 e. The predicted octanol–water partition coefficient (Wildman–Crippen LogP) is 2.50. The number of halogens is 1. The SMILES string of the molecule is Nc1ccc(Br)c(S(=O)(=O)NCC2CCCC2)c1. The number of sulfonamides is 1. The molecule has 6 heteroatoms. The molecule has 18 heavy (non-hydrogen) atoms. The first-order chi connectivity index (χ1) is 8.49. The van der Waals surface area contributed by atoms with Gasteiger partial charge in [0, 0.05) is 16.7 Å². The molecule has 2 rings (SSSR count). The zero-order valence-electron chi connectivity index (χ0n) is 10.0. The summed E-state index contributed by atoms with van der Waals surface area (Å²) in [6.45, 7) is 0.517. The van der Waals surface area contributed by atoms with Gasteiger partial charge in [-0.25, -0.2) is 13.1 Å². The van der Waals surface area contributed by atoms with Gasteiger partial charge in [0.2, 0.25) is 10.0 Å². The van der Waals surface area contributed by atoms with E-state index in [0.29, 0.717) is 22.6 Å². The van der Waals surface area contributed by atoms with Gasteiger partial charge in [-0.3, -0.25) is 0 Å². The number of nitrogens with one attached hydrogen (secondary N) is 1. The lowest BCUT2D eigenvalue weighted by atomic mass is 10.1. The van der Waals surface area contributed by atoms with Crippen molar-refractivity contribution in [1.82, 2.24) is 4.72 Å². The Balaban J connectivity index is 2.12. The number of nitrogen functional groups attached to an aromatic ring is 1. The van der Waals surface area contributed by atoms with Crippen molar-refractivity contribution < 1.29 is 8.42 Å². The first kappa shape index (κ1) is 13.8. The second kappa shape index (κ2) is 5.59. The number of benzene rings is 1. The van der Waals surface area contributed by atoms with Crippen molar-refractivity contribution in [2.45, 2.75) is 30.6 Å². The number of hydrogen-bond acceptors (Lipinski definition) is 3. The Labute approximate surface area is 116 Å². The van der Waals surface area contributed by atoms with E-state index in [-0.39, 0.29) is 4.90 Å². The summed E-state index contributed by atoms with van der Waals surface area (Å²) >= 11 is 3.25. The summed E-state index contributed by atoms with van der Waals surface area (Å²) in [4.78, 5) is 0.209. The molecule has 0 bridgehead atoms. The van der Waals surface area contributed by atoms with Crippen LogP contribution in [0.4, 0.5) is 5.69 Å². The van der Waals surface area contributed by atoms with Crippen molar-refractivity contribution in [3.8, 4) is 0 Å². The fraction of sp³-hybridized carbons (Fsp3) is 0.500. The minimum absolute atomic E-state index is 0.209. The van der Waals surface area contributed by atoms with Crippen LogP contribution in [0.5, 0.6) is 0 Å². The first-order valence-corrected chi connectivity index (χ1v) is 8.31. The third-order valence-corrected chi connectivity index (χ3v) is 5.70. The van der Waals surface area contributed by atoms with E-state index in [4.69, 9.17) is 5.73 Å². The Morgan fingerprint density at radius 3 is 2.67 bits per heavy atom. The molecule has 0 aliphatic heterocycles. The summed E-state index contributed by atoms with van der Waals surface area (Å²) < 4.78 is 27.5. The maximum Gasteiger partial charge on any atom is 0.241 e. The second-order valence-corrected chi connectivity index (χ2v) is 7.28. The number of hydrogen-bond donors (Lipinski definition) is 2. The lowest BCUT2D eigenvalue weighted by molar-refractivity contribution is 0.519. The van der Waals surface area contributed by atoms with Gasteiger partial charge in [-0.1, -0.05) is 12.8 Å². The average Bonchev–Trinajstić information content (AvgIpc) is 2.83. The highest BCUT2D eigenvalue weighted by molar-refractivity contribution is 9.10. The Kier molecular flexibility index (Phi) is 4.29. The standard InChI is InChI=1S/C12H17BrN2O2S/c13-11-6-5-10(14)7-12(11)18(16,17)15-8-9-3-1-2-4-9/h5-7,9,15H,1-4,8,14H2. The van der Waals surface area contributed by atoms with Crippen LogP contribution in [0.25, 0.3) is 0 Å². The van der Waals surface area contributed by atoms with Gasteiger partial charge in [-0.2, -0.15) is 0 Å². The van der Waals surface area contributed by atoms with Gasteiger partial charge in [0.05, 0.1) is 4.90 Å². The molecule has 0 atom stereocenters. The zero-order valence-corrected chi connectivity index (χ0v) is 12.4. The third kappa shape index (κ3) is 3.24. The average molecular weight is 333 g/mol. The van der Waals surface area contributed by atoms with Crippen LogP contribution in [0, 0.1) is 5.92 Å². The molecule has 3 N–H and O–H groups in total. The Morgan fingerprint density at radius 2 is 2.00 bits per heavy atom. The molecular weight excluding hydrogens is 316 g/mol. The van der Waals surface area contributed by atoms with Gasteiger partial charge in [0.15, 0.2) is 0 Å². The molecule has 100 valence electrons. The number of rotatable bonds is 4. The normalized spacial score (nSPS) is 17.2. The monoisotopic (exact) mass is 332 g/mol. The molecule has 0 saturated heterocycles. The van der Waals surface area contributed by atoms with E-state index >= 15 is 0 Å². The molecule has 1 aliphatic carbocycles. The molecule has 1 fully saturated rings. The molecule has 0 spiro atoms. The third-order valence-electron chi connectivity index (χ3n) is 3.28. The van der Waals surface area contributed by atoms with E-state index in [1.807, 2.05) is 0 Å². The van der Waals surface area contributed by atoms with Crippen molar-refractivity contribution >= 4 is 31.6 Å². The molecule has 0 radical (unpaired) electrons. The molecular formula is C12H17BrN2O2S. The molecule has 0 unspecified atom stereocenters. The fourth-order valence-corrected chi connectivity index (χ4v) is 4.36. The molecule has 0 aromatic heterocycles. The van der Waals surface area contributed by atoms with Crippen LogP contribution < -0.4 is 10.5 Å². The Bertz CT molecular complexity index is 525. The van der Waals surface area contributed by atoms with Gasteiger partial charge in [-0.15, -0.1) is 0 Å². The molecule has 0 amide bonds. The molecule has 1 saturated carbocycles. The lowest BCUT2D eigenvalue weighted by Gasteiger charge is -2.12. The van der Waals surface area contributed by atoms with Crippen LogP contribution in [0.2, 0.25) is 0 Å². The van der Waals surface area contributed by atoms with E-state index < -0.39 is 10.0 Å². The van der Waals surface area contributed by atoms with Crippen molar-refractivity contribution in [2.24, 2.45) is 5.92 Å². The van der Waals surface area contributed by atoms with Crippen LogP contribution >= 0.6 is 15.9 Å². The minimum atomic E-state index is -3.48. The highest BCUT2D eigenvalue weighted by Crippen LogP contribution is 2.26. The zero-order chi connectivity index (χ0) is 13.2. The predicted molar refractivity (Wildman–Crippen MR) is 75.7 cm³/mol. The minimum Gasteiger partial charge on any atom is -0.399 e.